The van der Waals surface area contributed by atoms with Gasteiger partial charge >= 0.3 is 0 Å². The first-order chi connectivity index (χ1) is 6.91. The van der Waals surface area contributed by atoms with Gasteiger partial charge in [0.05, 0.1) is 13.2 Å². The Morgan fingerprint density at radius 1 is 1.14 bits per heavy atom. The van der Waals surface area contributed by atoms with Gasteiger partial charge in [-0.1, -0.05) is 12.2 Å². The van der Waals surface area contributed by atoms with Crippen molar-refractivity contribution in [3.05, 3.63) is 12.2 Å². The van der Waals surface area contributed by atoms with Gasteiger partial charge in [0, 0.05) is 13.7 Å². The summed E-state index contributed by atoms with van der Waals surface area (Å²) >= 11 is 0. The van der Waals surface area contributed by atoms with Crippen LogP contribution in [-0.4, -0.2) is 40.0 Å². The molecular weight excluding hydrogens is 178 g/mol. The van der Waals surface area contributed by atoms with E-state index in [1.807, 2.05) is 6.92 Å². The maximum atomic E-state index is 5.32. The largest absolute Gasteiger partial charge is 0.382 e. The third-order valence-electron chi connectivity index (χ3n) is 1.80. The van der Waals surface area contributed by atoms with Crippen LogP contribution in [0.2, 0.25) is 0 Å². The lowest BCUT2D eigenvalue weighted by Gasteiger charge is -2.04. The molecule has 0 aliphatic rings. The molecule has 0 aromatic rings. The maximum Gasteiger partial charge on any atom is 0.0700 e. The molecular formula is C11H23NO2. The van der Waals surface area contributed by atoms with Crippen LogP contribution < -0.4 is 5.32 Å². The summed E-state index contributed by atoms with van der Waals surface area (Å²) in [6.07, 6.45) is 6.43. The second-order valence-electron chi connectivity index (χ2n) is 3.07. The highest BCUT2D eigenvalue weighted by molar-refractivity contribution is 4.77. The average molecular weight is 201 g/mol. The Morgan fingerprint density at radius 2 is 2.00 bits per heavy atom. The van der Waals surface area contributed by atoms with Crippen LogP contribution in [0.3, 0.4) is 0 Å². The molecule has 0 heterocycles. The smallest absolute Gasteiger partial charge is 0.0700 e. The molecule has 0 unspecified atom stereocenters. The quantitative estimate of drug-likeness (QED) is 0.430. The van der Waals surface area contributed by atoms with Crippen molar-refractivity contribution in [3.8, 4) is 0 Å². The topological polar surface area (TPSA) is 30.5 Å². The van der Waals surface area contributed by atoms with Crippen LogP contribution >= 0.6 is 0 Å². The molecule has 0 aromatic carbocycles. The van der Waals surface area contributed by atoms with Crippen molar-refractivity contribution in [1.29, 1.82) is 0 Å². The van der Waals surface area contributed by atoms with Crippen LogP contribution in [0.4, 0.5) is 0 Å². The molecule has 84 valence electrons. The summed E-state index contributed by atoms with van der Waals surface area (Å²) in [4.78, 5) is 0. The van der Waals surface area contributed by atoms with Gasteiger partial charge in [0.1, 0.15) is 0 Å². The molecule has 0 saturated heterocycles. The van der Waals surface area contributed by atoms with Gasteiger partial charge in [0.15, 0.2) is 0 Å². The van der Waals surface area contributed by atoms with Gasteiger partial charge in [-0.05, 0) is 32.9 Å². The van der Waals surface area contributed by atoms with Crippen molar-refractivity contribution in [1.82, 2.24) is 5.32 Å². The molecule has 0 atom stereocenters. The number of rotatable bonds is 10. The van der Waals surface area contributed by atoms with E-state index in [4.69, 9.17) is 9.47 Å². The molecule has 0 aliphatic carbocycles. The first-order valence-corrected chi connectivity index (χ1v) is 5.30. The molecule has 0 radical (unpaired) electrons. The zero-order valence-corrected chi connectivity index (χ0v) is 9.42. The highest BCUT2D eigenvalue weighted by Crippen LogP contribution is 1.83. The summed E-state index contributed by atoms with van der Waals surface area (Å²) in [5.41, 5.74) is 0. The third kappa shape index (κ3) is 11.6. The van der Waals surface area contributed by atoms with E-state index in [0.717, 1.165) is 32.5 Å². The second-order valence-corrected chi connectivity index (χ2v) is 3.07. The number of hydrogen-bond donors (Lipinski definition) is 1. The highest BCUT2D eigenvalue weighted by Gasteiger charge is 1.88. The Labute approximate surface area is 87.5 Å². The third-order valence-corrected chi connectivity index (χ3v) is 1.80. The number of nitrogens with one attached hydrogen (secondary N) is 1. The molecule has 14 heavy (non-hydrogen) atoms. The SMILES string of the molecule is C/C=C/CCNCCCOCCOC. The zero-order chi connectivity index (χ0) is 10.5. The van der Waals surface area contributed by atoms with E-state index in [1.54, 1.807) is 7.11 Å². The average Bonchev–Trinajstić information content (AvgIpc) is 2.21. The lowest BCUT2D eigenvalue weighted by atomic mass is 10.3. The van der Waals surface area contributed by atoms with Gasteiger partial charge in [-0.15, -0.1) is 0 Å². The van der Waals surface area contributed by atoms with E-state index >= 15 is 0 Å². The van der Waals surface area contributed by atoms with E-state index in [0.29, 0.717) is 13.2 Å². The van der Waals surface area contributed by atoms with E-state index in [-0.39, 0.29) is 0 Å². The van der Waals surface area contributed by atoms with Crippen molar-refractivity contribution in [3.63, 3.8) is 0 Å². The maximum absolute atomic E-state index is 5.32. The van der Waals surface area contributed by atoms with Crippen LogP contribution in [0, 0.1) is 0 Å². The van der Waals surface area contributed by atoms with Gasteiger partial charge in [0.25, 0.3) is 0 Å². The van der Waals surface area contributed by atoms with Crippen LogP contribution in [0.1, 0.15) is 19.8 Å². The fourth-order valence-corrected chi connectivity index (χ4v) is 1.02. The number of allylic oxidation sites excluding steroid dienone is 1. The zero-order valence-electron chi connectivity index (χ0n) is 9.42. The van der Waals surface area contributed by atoms with Crippen LogP contribution in [0.15, 0.2) is 12.2 Å². The molecule has 1 N–H and O–H groups in total. The van der Waals surface area contributed by atoms with Crippen molar-refractivity contribution >= 4 is 0 Å². The van der Waals surface area contributed by atoms with Crippen LogP contribution in [0.25, 0.3) is 0 Å². The minimum atomic E-state index is 0.689. The van der Waals surface area contributed by atoms with Crippen LogP contribution in [0.5, 0.6) is 0 Å². The molecule has 0 aliphatic heterocycles. The van der Waals surface area contributed by atoms with Crippen LogP contribution in [-0.2, 0) is 9.47 Å². The Kier molecular flexibility index (Phi) is 12.3. The second kappa shape index (κ2) is 12.6. The number of hydrogen-bond acceptors (Lipinski definition) is 3. The Bertz CT molecular complexity index is 126. The van der Waals surface area contributed by atoms with Crippen molar-refractivity contribution < 1.29 is 9.47 Å². The summed E-state index contributed by atoms with van der Waals surface area (Å²) < 4.78 is 10.2. The lowest BCUT2D eigenvalue weighted by molar-refractivity contribution is 0.0695. The van der Waals surface area contributed by atoms with Gasteiger partial charge in [-0.25, -0.2) is 0 Å². The molecule has 0 rings (SSSR count). The summed E-state index contributed by atoms with van der Waals surface area (Å²) in [5, 5.41) is 3.35. The molecule has 0 saturated carbocycles. The normalized spacial score (nSPS) is 11.3. The molecule has 0 spiro atoms. The molecule has 0 aromatic heterocycles. The highest BCUT2D eigenvalue weighted by atomic mass is 16.5. The van der Waals surface area contributed by atoms with Crippen molar-refractivity contribution in [2.75, 3.05) is 40.0 Å². The predicted molar refractivity (Wildman–Crippen MR) is 59.6 cm³/mol. The van der Waals surface area contributed by atoms with Gasteiger partial charge < -0.3 is 14.8 Å². The summed E-state index contributed by atoms with van der Waals surface area (Å²) in [6, 6.07) is 0. The minimum absolute atomic E-state index is 0.689. The number of ether oxygens (including phenoxy) is 2. The molecule has 3 heteroatoms. The van der Waals surface area contributed by atoms with Crippen molar-refractivity contribution in [2.24, 2.45) is 0 Å². The predicted octanol–water partition coefficient (Wildman–Crippen LogP) is 1.60. The molecule has 0 fully saturated rings. The van der Waals surface area contributed by atoms with Gasteiger partial charge in [-0.3, -0.25) is 0 Å². The fourth-order valence-electron chi connectivity index (χ4n) is 1.02. The van der Waals surface area contributed by atoms with Gasteiger partial charge in [0.2, 0.25) is 0 Å². The fraction of sp³-hybridized carbons (Fsp3) is 0.818. The Hall–Kier alpha value is -0.380. The summed E-state index contributed by atoms with van der Waals surface area (Å²) in [5.74, 6) is 0. The van der Waals surface area contributed by atoms with Gasteiger partial charge in [-0.2, -0.15) is 0 Å². The molecule has 3 nitrogen and oxygen atoms in total. The van der Waals surface area contributed by atoms with E-state index in [9.17, 15) is 0 Å². The Balaban J connectivity index is 2.85. The van der Waals surface area contributed by atoms with Crippen molar-refractivity contribution in [2.45, 2.75) is 19.8 Å². The minimum Gasteiger partial charge on any atom is -0.382 e. The summed E-state index contributed by atoms with van der Waals surface area (Å²) in [6.45, 7) is 6.35. The van der Waals surface area contributed by atoms with E-state index in [1.165, 1.54) is 0 Å². The lowest BCUT2D eigenvalue weighted by Crippen LogP contribution is -2.18. The number of methoxy groups -OCH3 is 1. The molecule has 0 bridgehead atoms. The summed E-state index contributed by atoms with van der Waals surface area (Å²) in [7, 11) is 1.69. The Morgan fingerprint density at radius 3 is 2.71 bits per heavy atom. The van der Waals surface area contributed by atoms with E-state index in [2.05, 4.69) is 17.5 Å². The molecule has 0 amide bonds. The van der Waals surface area contributed by atoms with E-state index < -0.39 is 0 Å². The monoisotopic (exact) mass is 201 g/mol. The first-order valence-electron chi connectivity index (χ1n) is 5.30. The standard InChI is InChI=1S/C11H23NO2/c1-3-4-5-7-12-8-6-9-14-11-10-13-2/h3-4,12H,5-11H2,1-2H3/b4-3+. The first kappa shape index (κ1) is 13.6.